The highest BCUT2D eigenvalue weighted by atomic mass is 35.5. The smallest absolute Gasteiger partial charge is 0.293 e. The van der Waals surface area contributed by atoms with Gasteiger partial charge in [-0.1, -0.05) is 18.5 Å². The van der Waals surface area contributed by atoms with Crippen LogP contribution in [0.25, 0.3) is 10.9 Å². The lowest BCUT2D eigenvalue weighted by atomic mass is 9.99. The number of nitrogens with zero attached hydrogens (tertiary/aromatic N) is 4. The highest BCUT2D eigenvalue weighted by Gasteiger charge is 2.22. The van der Waals surface area contributed by atoms with Gasteiger partial charge in [-0.3, -0.25) is 9.59 Å². The number of fused-ring (bicyclic) bond motifs is 1. The highest BCUT2D eigenvalue weighted by Crippen LogP contribution is 2.29. The topological polar surface area (TPSA) is 110 Å². The fourth-order valence-electron chi connectivity index (χ4n) is 4.03. The maximum Gasteiger partial charge on any atom is 0.293 e. The molecule has 3 aromatic rings. The van der Waals surface area contributed by atoms with Crippen LogP contribution in [0.4, 0.5) is 17.5 Å². The van der Waals surface area contributed by atoms with E-state index in [2.05, 4.69) is 20.2 Å². The summed E-state index contributed by atoms with van der Waals surface area (Å²) in [6, 6.07) is 7.17. The molecular weight excluding hydrogens is 458 g/mol. The first-order valence-electron chi connectivity index (χ1n) is 11.3. The zero-order valence-corrected chi connectivity index (χ0v) is 20.0. The number of aryl methyl sites for hydroxylation is 1. The largest absolute Gasteiger partial charge is 0.480 e. The number of nitrogens with one attached hydrogen (secondary N) is 1. The van der Waals surface area contributed by atoms with Crippen LogP contribution in [0.5, 0.6) is 5.75 Å². The van der Waals surface area contributed by atoms with Crippen LogP contribution >= 0.6 is 11.6 Å². The average Bonchev–Trinajstić information content (AvgIpc) is 2.86. The lowest BCUT2D eigenvalue weighted by molar-refractivity contribution is -0.120. The molecule has 1 aliphatic heterocycles. The number of halogens is 1. The normalized spacial score (nSPS) is 16.0. The van der Waals surface area contributed by atoms with Gasteiger partial charge in [-0.15, -0.1) is 0 Å². The number of aliphatic hydroxyl groups excluding tert-OH is 1. The molecule has 1 saturated heterocycles. The van der Waals surface area contributed by atoms with Crippen molar-refractivity contribution in [3.63, 3.8) is 0 Å². The number of piperidine rings is 1. The Morgan fingerprint density at radius 2 is 2.18 bits per heavy atom. The number of hydrogen-bond donors (Lipinski definition) is 2. The van der Waals surface area contributed by atoms with Crippen molar-refractivity contribution in [2.24, 2.45) is 13.0 Å². The molecular formula is C24H28ClN5O4. The van der Waals surface area contributed by atoms with Crippen molar-refractivity contribution in [3.05, 3.63) is 45.8 Å². The number of pyridine rings is 1. The number of rotatable bonds is 8. The maximum atomic E-state index is 12.6. The van der Waals surface area contributed by atoms with E-state index in [4.69, 9.17) is 16.3 Å². The van der Waals surface area contributed by atoms with E-state index in [1.165, 1.54) is 4.57 Å². The number of ether oxygens (including phenoxy) is 1. The second-order valence-electron chi connectivity index (χ2n) is 8.46. The SMILES string of the molecule is CCC(=O)COc1cc2cc(Nc3nc(N4CCC[C@H](CO)C4)ncc3Cl)ccc2n(C)c1=O. The summed E-state index contributed by atoms with van der Waals surface area (Å²) in [5, 5.41) is 13.9. The third kappa shape index (κ3) is 5.15. The number of carbonyl (C=O) groups is 1. The molecule has 0 saturated carbocycles. The Hall–Kier alpha value is -3.17. The third-order valence-corrected chi connectivity index (χ3v) is 6.30. The number of carbonyl (C=O) groups excluding carboxylic acids is 1. The number of Topliss-reactive ketones (excluding diaryl/α,β-unsaturated/α-hetero) is 1. The molecule has 10 heteroatoms. The van der Waals surface area contributed by atoms with E-state index in [-0.39, 0.29) is 36.2 Å². The summed E-state index contributed by atoms with van der Waals surface area (Å²) in [5.74, 6) is 1.28. The molecule has 1 atom stereocenters. The summed E-state index contributed by atoms with van der Waals surface area (Å²) < 4.78 is 6.98. The number of hydrogen-bond acceptors (Lipinski definition) is 8. The molecule has 9 nitrogen and oxygen atoms in total. The predicted octanol–water partition coefficient (Wildman–Crippen LogP) is 3.29. The van der Waals surface area contributed by atoms with Crippen molar-refractivity contribution >= 4 is 45.7 Å². The standard InChI is InChI=1S/C24H28ClN5O4/c1-3-18(32)14-34-21-10-16-9-17(6-7-20(16)29(2)23(21)33)27-22-19(25)11-26-24(28-22)30-8-4-5-15(12-30)13-31/h6-7,9-11,15,31H,3-5,8,12-14H2,1-2H3,(H,26,27,28)/t15-/m0/s1. The molecule has 0 bridgehead atoms. The molecule has 0 spiro atoms. The van der Waals surface area contributed by atoms with Crippen LogP contribution in [0.2, 0.25) is 5.02 Å². The van der Waals surface area contributed by atoms with Crippen molar-refractivity contribution in [1.82, 2.24) is 14.5 Å². The van der Waals surface area contributed by atoms with Crippen LogP contribution in [0.3, 0.4) is 0 Å². The predicted molar refractivity (Wildman–Crippen MR) is 132 cm³/mol. The van der Waals surface area contributed by atoms with Gasteiger partial charge in [0, 0.05) is 44.2 Å². The number of ketones is 1. The van der Waals surface area contributed by atoms with Crippen molar-refractivity contribution in [1.29, 1.82) is 0 Å². The average molecular weight is 486 g/mol. The first-order chi connectivity index (χ1) is 16.4. The van der Waals surface area contributed by atoms with Crippen LogP contribution in [0.15, 0.2) is 35.3 Å². The zero-order chi connectivity index (χ0) is 24.2. The molecule has 3 heterocycles. The van der Waals surface area contributed by atoms with Gasteiger partial charge < -0.3 is 24.6 Å². The van der Waals surface area contributed by atoms with Gasteiger partial charge in [-0.25, -0.2) is 4.98 Å². The van der Waals surface area contributed by atoms with Crippen LogP contribution in [-0.4, -0.2) is 51.7 Å². The Labute approximate surface area is 202 Å². The Morgan fingerprint density at radius 3 is 2.94 bits per heavy atom. The van der Waals surface area contributed by atoms with Crippen LogP contribution < -0.4 is 20.5 Å². The van der Waals surface area contributed by atoms with E-state index in [0.717, 1.165) is 36.0 Å². The summed E-state index contributed by atoms with van der Waals surface area (Å²) in [5.41, 5.74) is 1.14. The van der Waals surface area contributed by atoms with E-state index >= 15 is 0 Å². The Morgan fingerprint density at radius 1 is 1.35 bits per heavy atom. The number of aromatic nitrogens is 3. The Kier molecular flexibility index (Phi) is 7.33. The molecule has 34 heavy (non-hydrogen) atoms. The molecule has 1 aromatic carbocycles. The number of benzene rings is 1. The highest BCUT2D eigenvalue weighted by molar-refractivity contribution is 6.32. The summed E-state index contributed by atoms with van der Waals surface area (Å²) in [6.45, 7) is 3.28. The van der Waals surface area contributed by atoms with Gasteiger partial charge in [0.15, 0.2) is 17.4 Å². The third-order valence-electron chi connectivity index (χ3n) is 6.03. The van der Waals surface area contributed by atoms with E-state index < -0.39 is 0 Å². The number of aliphatic hydroxyl groups is 1. The molecule has 4 rings (SSSR count). The second-order valence-corrected chi connectivity index (χ2v) is 8.86. The molecule has 2 aromatic heterocycles. The lowest BCUT2D eigenvalue weighted by Crippen LogP contribution is -2.37. The first-order valence-corrected chi connectivity index (χ1v) is 11.7. The summed E-state index contributed by atoms with van der Waals surface area (Å²) in [7, 11) is 1.66. The number of anilines is 3. The first kappa shape index (κ1) is 24.0. The Bertz CT molecular complexity index is 1260. The van der Waals surface area contributed by atoms with Crippen LogP contribution in [-0.2, 0) is 11.8 Å². The molecule has 1 aliphatic rings. The molecule has 0 amide bonds. The fraction of sp³-hybridized carbons (Fsp3) is 0.417. The van der Waals surface area contributed by atoms with Crippen molar-refractivity contribution in [2.45, 2.75) is 26.2 Å². The monoisotopic (exact) mass is 485 g/mol. The van der Waals surface area contributed by atoms with Gasteiger partial charge in [0.25, 0.3) is 5.56 Å². The molecule has 2 N–H and O–H groups in total. The maximum absolute atomic E-state index is 12.6. The van der Waals surface area contributed by atoms with E-state index in [0.29, 0.717) is 29.8 Å². The summed E-state index contributed by atoms with van der Waals surface area (Å²) in [6.07, 6.45) is 3.87. The van der Waals surface area contributed by atoms with E-state index in [1.807, 2.05) is 18.2 Å². The minimum absolute atomic E-state index is 0.0780. The molecule has 0 unspecified atom stereocenters. The summed E-state index contributed by atoms with van der Waals surface area (Å²) in [4.78, 5) is 35.3. The quantitative estimate of drug-likeness (QED) is 0.500. The van der Waals surface area contributed by atoms with Gasteiger partial charge in [0.1, 0.15) is 11.6 Å². The van der Waals surface area contributed by atoms with Crippen LogP contribution in [0, 0.1) is 5.92 Å². The van der Waals surface area contributed by atoms with Gasteiger partial charge >= 0.3 is 0 Å². The van der Waals surface area contributed by atoms with Crippen molar-refractivity contribution < 1.29 is 14.6 Å². The minimum atomic E-state index is -0.302. The fourth-order valence-corrected chi connectivity index (χ4v) is 4.16. The van der Waals surface area contributed by atoms with Crippen molar-refractivity contribution in [3.8, 4) is 5.75 Å². The minimum Gasteiger partial charge on any atom is -0.480 e. The molecule has 1 fully saturated rings. The van der Waals surface area contributed by atoms with Gasteiger partial charge in [-0.05, 0) is 43.0 Å². The van der Waals surface area contributed by atoms with Crippen molar-refractivity contribution in [2.75, 3.05) is 36.5 Å². The lowest BCUT2D eigenvalue weighted by Gasteiger charge is -2.32. The van der Waals surface area contributed by atoms with Gasteiger partial charge in [0.05, 0.1) is 11.7 Å². The molecule has 0 aliphatic carbocycles. The van der Waals surface area contributed by atoms with Gasteiger partial charge in [-0.2, -0.15) is 4.98 Å². The molecule has 0 radical (unpaired) electrons. The summed E-state index contributed by atoms with van der Waals surface area (Å²) >= 11 is 6.37. The van der Waals surface area contributed by atoms with Gasteiger partial charge in [0.2, 0.25) is 5.95 Å². The zero-order valence-electron chi connectivity index (χ0n) is 19.3. The van der Waals surface area contributed by atoms with E-state index in [1.54, 1.807) is 26.2 Å². The Balaban J connectivity index is 1.61. The van der Waals surface area contributed by atoms with Crippen LogP contribution in [0.1, 0.15) is 26.2 Å². The molecule has 180 valence electrons. The van der Waals surface area contributed by atoms with E-state index in [9.17, 15) is 14.7 Å². The second kappa shape index (κ2) is 10.4.